The Morgan fingerprint density at radius 1 is 1.39 bits per heavy atom. The zero-order valence-corrected chi connectivity index (χ0v) is 14.2. The van der Waals surface area contributed by atoms with Crippen LogP contribution in [0.5, 0.6) is 0 Å². The molecule has 0 aliphatic carbocycles. The second kappa shape index (κ2) is 5.43. The average molecular weight is 337 g/mol. The molecule has 0 aromatic heterocycles. The molecule has 0 radical (unpaired) electrons. The monoisotopic (exact) mass is 336 g/mol. The number of carbonyl (C=O) groups excluding carboxylic acids is 1. The Morgan fingerprint density at radius 3 is 2.96 bits per heavy atom. The molecule has 3 aliphatic heterocycles. The number of nitrogens with one attached hydrogen (secondary N) is 3. The van der Waals surface area contributed by atoms with Gasteiger partial charge in [-0.1, -0.05) is 17.1 Å². The first-order valence-corrected chi connectivity index (χ1v) is 8.54. The van der Waals surface area contributed by atoms with Gasteiger partial charge in [0.05, 0.1) is 18.0 Å². The lowest BCUT2D eigenvalue weighted by molar-refractivity contribution is -0.735. The number of benzene rings is 1. The zero-order valence-electron chi connectivity index (χ0n) is 13.4. The Bertz CT molecular complexity index is 653. The zero-order chi connectivity index (χ0) is 16.2. The van der Waals surface area contributed by atoms with E-state index in [0.717, 1.165) is 30.6 Å². The van der Waals surface area contributed by atoms with Crippen LogP contribution in [0.4, 0.5) is 5.69 Å². The molecule has 3 heterocycles. The molecule has 0 saturated carbocycles. The van der Waals surface area contributed by atoms with Crippen LogP contribution in [-0.2, 0) is 10.2 Å². The molecule has 2 fully saturated rings. The van der Waals surface area contributed by atoms with Gasteiger partial charge in [0, 0.05) is 23.8 Å². The van der Waals surface area contributed by atoms with Gasteiger partial charge in [-0.05, 0) is 43.5 Å². The van der Waals surface area contributed by atoms with E-state index in [2.05, 4.69) is 33.5 Å². The molecule has 5 N–H and O–H groups in total. The number of piperidine rings is 1. The number of fused-ring (bicyclic) bond motifs is 2. The Hall–Kier alpha value is -1.18. The Kier molecular flexibility index (Phi) is 3.62. The van der Waals surface area contributed by atoms with Crippen molar-refractivity contribution in [2.24, 2.45) is 0 Å². The summed E-state index contributed by atoms with van der Waals surface area (Å²) >= 11 is 6.21. The summed E-state index contributed by atoms with van der Waals surface area (Å²) < 4.78 is 0. The first-order chi connectivity index (χ1) is 11.0. The molecule has 23 heavy (non-hydrogen) atoms. The van der Waals surface area contributed by atoms with Crippen LogP contribution in [0.25, 0.3) is 0 Å². The molecule has 124 valence electrons. The van der Waals surface area contributed by atoms with Gasteiger partial charge < -0.3 is 10.6 Å². The van der Waals surface area contributed by atoms with E-state index in [0.29, 0.717) is 11.1 Å². The second-order valence-electron chi connectivity index (χ2n) is 7.15. The number of nitrogens with zero attached hydrogens (tertiary/aromatic N) is 1. The third kappa shape index (κ3) is 2.45. The minimum absolute atomic E-state index is 0.118. The highest BCUT2D eigenvalue weighted by Gasteiger charge is 2.53. The van der Waals surface area contributed by atoms with Crippen LogP contribution < -0.4 is 21.6 Å². The maximum atomic E-state index is 12.9. The van der Waals surface area contributed by atoms with Crippen molar-refractivity contribution in [2.45, 2.75) is 43.3 Å². The number of quaternary nitrogens is 1. The lowest BCUT2D eigenvalue weighted by Gasteiger charge is -2.41. The van der Waals surface area contributed by atoms with Gasteiger partial charge in [0.15, 0.2) is 0 Å². The summed E-state index contributed by atoms with van der Waals surface area (Å²) in [7, 11) is 2.04. The fourth-order valence-corrected chi connectivity index (χ4v) is 4.59. The first-order valence-electron chi connectivity index (χ1n) is 8.16. The van der Waals surface area contributed by atoms with Crippen LogP contribution >= 0.6 is 11.6 Å². The van der Waals surface area contributed by atoms with E-state index in [4.69, 9.17) is 11.6 Å². The lowest BCUT2D eigenvalue weighted by atomic mass is 9.68. The molecule has 4 atom stereocenters. The number of carbonyl (C=O) groups is 1. The topological polar surface area (TPSA) is 73.0 Å². The normalized spacial score (nSPS) is 37.2. The van der Waals surface area contributed by atoms with Crippen molar-refractivity contribution in [1.82, 2.24) is 15.9 Å². The van der Waals surface area contributed by atoms with Crippen LogP contribution in [0.2, 0.25) is 5.02 Å². The molecule has 4 rings (SSSR count). The summed E-state index contributed by atoms with van der Waals surface area (Å²) in [5.41, 5.74) is 6.89. The molecule has 1 spiro atoms. The number of rotatable bonds is 1. The van der Waals surface area contributed by atoms with Gasteiger partial charge in [0.25, 0.3) is 0 Å². The molecule has 7 heteroatoms. The van der Waals surface area contributed by atoms with Gasteiger partial charge in [0.2, 0.25) is 5.91 Å². The van der Waals surface area contributed by atoms with Crippen molar-refractivity contribution in [3.8, 4) is 0 Å². The molecule has 0 bridgehead atoms. The molecule has 2 saturated heterocycles. The number of hydrogen-bond donors (Lipinski definition) is 4. The van der Waals surface area contributed by atoms with E-state index in [9.17, 15) is 4.79 Å². The highest BCUT2D eigenvalue weighted by molar-refractivity contribution is 6.31. The summed E-state index contributed by atoms with van der Waals surface area (Å²) in [4.78, 5) is 12.9. The van der Waals surface area contributed by atoms with Crippen molar-refractivity contribution in [2.75, 3.05) is 18.9 Å². The number of nitrogens with two attached hydrogens (primary N) is 1. The van der Waals surface area contributed by atoms with Gasteiger partial charge in [-0.3, -0.25) is 4.79 Å². The maximum Gasteiger partial charge on any atom is 0.235 e. The summed E-state index contributed by atoms with van der Waals surface area (Å²) in [6.45, 7) is 3.11. The van der Waals surface area contributed by atoms with E-state index in [1.165, 1.54) is 0 Å². The van der Waals surface area contributed by atoms with Crippen LogP contribution in [0.3, 0.4) is 0 Å². The Labute approximate surface area is 140 Å². The van der Waals surface area contributed by atoms with Crippen molar-refractivity contribution in [1.29, 1.82) is 0 Å². The molecule has 1 aromatic carbocycles. The largest absolute Gasteiger partial charge is 0.325 e. The third-order valence-electron chi connectivity index (χ3n) is 5.41. The number of hydrogen-bond acceptors (Lipinski definition) is 4. The molecule has 3 aliphatic rings. The molecule has 1 aromatic rings. The summed E-state index contributed by atoms with van der Waals surface area (Å²) in [5.74, 6) is 0.118. The summed E-state index contributed by atoms with van der Waals surface area (Å²) in [5, 5.41) is 9.52. The predicted molar refractivity (Wildman–Crippen MR) is 88.9 cm³/mol. The molecule has 1 unspecified atom stereocenters. The number of halogens is 1. The Balaban J connectivity index is 1.70. The van der Waals surface area contributed by atoms with E-state index in [-0.39, 0.29) is 18.0 Å². The Morgan fingerprint density at radius 2 is 2.22 bits per heavy atom. The minimum Gasteiger partial charge on any atom is -0.325 e. The average Bonchev–Trinajstić information content (AvgIpc) is 3.03. The summed E-state index contributed by atoms with van der Waals surface area (Å²) in [6.07, 6.45) is 1.60. The van der Waals surface area contributed by atoms with Gasteiger partial charge in [-0.2, -0.15) is 5.01 Å². The number of anilines is 1. The molecule has 1 amide bonds. The van der Waals surface area contributed by atoms with Crippen molar-refractivity contribution in [3.63, 3.8) is 0 Å². The quantitative estimate of drug-likeness (QED) is 0.543. The first kappa shape index (κ1) is 15.4. The summed E-state index contributed by atoms with van der Waals surface area (Å²) in [6, 6.07) is 6.66. The van der Waals surface area contributed by atoms with E-state index >= 15 is 0 Å². The van der Waals surface area contributed by atoms with Gasteiger partial charge in [-0.15, -0.1) is 0 Å². The number of likely N-dealkylation sites (N-methyl/N-ethyl adjacent to an activating group) is 1. The highest BCUT2D eigenvalue weighted by atomic mass is 35.5. The van der Waals surface area contributed by atoms with Crippen molar-refractivity contribution in [3.05, 3.63) is 28.8 Å². The predicted octanol–water partition coefficient (Wildman–Crippen LogP) is -0.0326. The smallest absolute Gasteiger partial charge is 0.235 e. The van der Waals surface area contributed by atoms with Crippen LogP contribution in [0, 0.1) is 0 Å². The van der Waals surface area contributed by atoms with Crippen LogP contribution in [-0.4, -0.2) is 42.6 Å². The van der Waals surface area contributed by atoms with E-state index in [1.54, 1.807) is 0 Å². The van der Waals surface area contributed by atoms with Crippen molar-refractivity contribution < 1.29 is 10.2 Å². The van der Waals surface area contributed by atoms with Gasteiger partial charge in [-0.25, -0.2) is 5.43 Å². The van der Waals surface area contributed by atoms with Gasteiger partial charge >= 0.3 is 0 Å². The SMILES string of the molecule is C[C@H]1C[C@@]2(C[C@@H](C3CN(C)N[NH2+]3)N1)C(=O)Nc1ccc(Cl)cc12. The molecule has 6 nitrogen and oxygen atoms in total. The van der Waals surface area contributed by atoms with E-state index in [1.807, 2.05) is 25.2 Å². The molecular weight excluding hydrogens is 314 g/mol. The number of amides is 1. The molecular formula is C16H23ClN5O+. The lowest BCUT2D eigenvalue weighted by Crippen LogP contribution is -2.97. The standard InChI is InChI=1S/C16H22ClN5O/c1-9-6-16(7-13(18-9)14-8-22(2)21-20-14)11-5-10(17)3-4-12(11)19-15(16)23/h3-5,9,13-14,18,20-21H,6-8H2,1-2H3,(H,19,23)/p+1/t9-,13-,14?,16-/m0/s1. The van der Waals surface area contributed by atoms with Crippen LogP contribution in [0.15, 0.2) is 18.2 Å². The highest BCUT2D eigenvalue weighted by Crippen LogP contribution is 2.47. The third-order valence-corrected chi connectivity index (χ3v) is 5.65. The maximum absolute atomic E-state index is 12.9. The van der Waals surface area contributed by atoms with Gasteiger partial charge in [0.1, 0.15) is 6.04 Å². The number of hydrazine groups is 1. The van der Waals surface area contributed by atoms with E-state index < -0.39 is 5.41 Å². The fraction of sp³-hybridized carbons (Fsp3) is 0.562. The van der Waals surface area contributed by atoms with Crippen molar-refractivity contribution >= 4 is 23.2 Å². The van der Waals surface area contributed by atoms with Crippen LogP contribution in [0.1, 0.15) is 25.3 Å². The minimum atomic E-state index is -0.468. The second-order valence-corrected chi connectivity index (χ2v) is 7.59. The fourth-order valence-electron chi connectivity index (χ4n) is 4.42.